The average Bonchev–Trinajstić information content (AvgIpc) is 2.30. The number of rotatable bonds is 6. The molecule has 0 aromatic rings. The van der Waals surface area contributed by atoms with Crippen molar-refractivity contribution in [1.82, 2.24) is 0 Å². The molecule has 0 aliphatic heterocycles. The summed E-state index contributed by atoms with van der Waals surface area (Å²) >= 11 is 0. The lowest BCUT2D eigenvalue weighted by atomic mass is 9.84. The molecule has 0 bridgehead atoms. The Bertz CT molecular complexity index is 354. The SMILES string of the molecule is CCCC(=O)C1=C(O)CC(C(OC)OC)CC1=O. The lowest BCUT2D eigenvalue weighted by Gasteiger charge is -2.28. The summed E-state index contributed by atoms with van der Waals surface area (Å²) in [5.41, 5.74) is -0.0287. The molecule has 0 radical (unpaired) electrons. The van der Waals surface area contributed by atoms with Crippen LogP contribution in [-0.4, -0.2) is 37.2 Å². The summed E-state index contributed by atoms with van der Waals surface area (Å²) in [4.78, 5) is 23.7. The first-order chi connectivity index (χ1) is 8.54. The van der Waals surface area contributed by atoms with Gasteiger partial charge in [0.15, 0.2) is 17.9 Å². The summed E-state index contributed by atoms with van der Waals surface area (Å²) in [6.07, 6.45) is 0.807. The van der Waals surface area contributed by atoms with Crippen LogP contribution >= 0.6 is 0 Å². The van der Waals surface area contributed by atoms with Gasteiger partial charge in [0.25, 0.3) is 0 Å². The zero-order valence-electron chi connectivity index (χ0n) is 11.1. The second-order valence-electron chi connectivity index (χ2n) is 4.43. The van der Waals surface area contributed by atoms with Crippen LogP contribution in [0.25, 0.3) is 0 Å². The summed E-state index contributed by atoms with van der Waals surface area (Å²) < 4.78 is 10.2. The van der Waals surface area contributed by atoms with E-state index in [0.717, 1.165) is 0 Å². The minimum absolute atomic E-state index is 0.0287. The topological polar surface area (TPSA) is 72.8 Å². The number of carbonyl (C=O) groups excluding carboxylic acids is 2. The van der Waals surface area contributed by atoms with Crippen molar-refractivity contribution < 1.29 is 24.2 Å². The normalized spacial score (nSPS) is 20.7. The maximum absolute atomic E-state index is 11.9. The molecule has 0 saturated carbocycles. The maximum Gasteiger partial charge on any atom is 0.170 e. The third-order valence-corrected chi connectivity index (χ3v) is 3.08. The Kier molecular flexibility index (Phi) is 5.50. The molecule has 0 aromatic carbocycles. The van der Waals surface area contributed by atoms with E-state index in [2.05, 4.69) is 0 Å². The van der Waals surface area contributed by atoms with Crippen LogP contribution < -0.4 is 0 Å². The fourth-order valence-electron chi connectivity index (χ4n) is 2.27. The van der Waals surface area contributed by atoms with Gasteiger partial charge in [0.1, 0.15) is 5.76 Å². The van der Waals surface area contributed by atoms with E-state index in [0.29, 0.717) is 6.42 Å². The number of ether oxygens (including phenoxy) is 2. The zero-order valence-corrected chi connectivity index (χ0v) is 11.1. The van der Waals surface area contributed by atoms with Crippen LogP contribution in [0.15, 0.2) is 11.3 Å². The minimum atomic E-state index is -0.543. The van der Waals surface area contributed by atoms with Gasteiger partial charge in [-0.3, -0.25) is 9.59 Å². The first kappa shape index (κ1) is 14.9. The van der Waals surface area contributed by atoms with E-state index in [1.807, 2.05) is 6.92 Å². The number of hydrogen-bond donors (Lipinski definition) is 1. The predicted molar refractivity (Wildman–Crippen MR) is 65.1 cm³/mol. The molecule has 1 aliphatic carbocycles. The Morgan fingerprint density at radius 3 is 2.44 bits per heavy atom. The smallest absolute Gasteiger partial charge is 0.170 e. The molecular weight excluding hydrogens is 236 g/mol. The molecule has 1 atom stereocenters. The molecule has 1 rings (SSSR count). The molecule has 18 heavy (non-hydrogen) atoms. The summed E-state index contributed by atoms with van der Waals surface area (Å²) in [6.45, 7) is 1.86. The molecule has 5 heteroatoms. The highest BCUT2D eigenvalue weighted by Gasteiger charge is 2.35. The van der Waals surface area contributed by atoms with Crippen LogP contribution in [-0.2, 0) is 19.1 Å². The van der Waals surface area contributed by atoms with Gasteiger partial charge < -0.3 is 14.6 Å². The van der Waals surface area contributed by atoms with Crippen molar-refractivity contribution in [3.05, 3.63) is 11.3 Å². The van der Waals surface area contributed by atoms with Gasteiger partial charge in [-0.05, 0) is 6.42 Å². The molecule has 0 saturated heterocycles. The zero-order chi connectivity index (χ0) is 13.7. The second-order valence-corrected chi connectivity index (χ2v) is 4.43. The van der Waals surface area contributed by atoms with E-state index < -0.39 is 6.29 Å². The van der Waals surface area contributed by atoms with Crippen LogP contribution in [0.4, 0.5) is 0 Å². The number of hydrogen-bond acceptors (Lipinski definition) is 5. The predicted octanol–water partition coefficient (Wildman–Crippen LogP) is 1.77. The van der Waals surface area contributed by atoms with Crippen molar-refractivity contribution in [2.24, 2.45) is 5.92 Å². The highest BCUT2D eigenvalue weighted by atomic mass is 16.7. The van der Waals surface area contributed by atoms with E-state index in [9.17, 15) is 14.7 Å². The summed E-state index contributed by atoms with van der Waals surface area (Å²) in [5.74, 6) is -0.967. The van der Waals surface area contributed by atoms with E-state index in [-0.39, 0.29) is 48.1 Å². The van der Waals surface area contributed by atoms with Crippen LogP contribution in [0.2, 0.25) is 0 Å². The first-order valence-electron chi connectivity index (χ1n) is 6.09. The minimum Gasteiger partial charge on any atom is -0.511 e. The van der Waals surface area contributed by atoms with Gasteiger partial charge in [0.2, 0.25) is 0 Å². The molecule has 5 nitrogen and oxygen atoms in total. The quantitative estimate of drug-likeness (QED) is 0.579. The number of aliphatic hydroxyl groups is 1. The molecule has 102 valence electrons. The van der Waals surface area contributed by atoms with Gasteiger partial charge in [-0.1, -0.05) is 6.92 Å². The number of Topliss-reactive ketones (excluding diaryl/α,β-unsaturated/α-hetero) is 2. The molecule has 1 aliphatic rings. The number of allylic oxidation sites excluding steroid dienone is 2. The van der Waals surface area contributed by atoms with Crippen LogP contribution in [0.3, 0.4) is 0 Å². The van der Waals surface area contributed by atoms with Crippen LogP contribution in [0, 0.1) is 5.92 Å². The van der Waals surface area contributed by atoms with Gasteiger partial charge in [-0.2, -0.15) is 0 Å². The molecule has 0 fully saturated rings. The second kappa shape index (κ2) is 6.66. The van der Waals surface area contributed by atoms with Crippen molar-refractivity contribution in [3.63, 3.8) is 0 Å². The molecule has 1 unspecified atom stereocenters. The lowest BCUT2D eigenvalue weighted by Crippen LogP contribution is -2.33. The third kappa shape index (κ3) is 3.17. The van der Waals surface area contributed by atoms with Gasteiger partial charge in [-0.15, -0.1) is 0 Å². The Hall–Kier alpha value is -1.20. The number of methoxy groups -OCH3 is 2. The van der Waals surface area contributed by atoms with Gasteiger partial charge in [0, 0.05) is 39.4 Å². The Labute approximate surface area is 107 Å². The molecule has 0 spiro atoms. The van der Waals surface area contributed by atoms with Crippen LogP contribution in [0.1, 0.15) is 32.6 Å². The summed E-state index contributed by atoms with van der Waals surface area (Å²) in [5, 5.41) is 9.87. The van der Waals surface area contributed by atoms with Crippen molar-refractivity contribution in [3.8, 4) is 0 Å². The van der Waals surface area contributed by atoms with Gasteiger partial charge >= 0.3 is 0 Å². The van der Waals surface area contributed by atoms with Crippen LogP contribution in [0.5, 0.6) is 0 Å². The van der Waals surface area contributed by atoms with E-state index >= 15 is 0 Å². The highest BCUT2D eigenvalue weighted by molar-refractivity contribution is 6.20. The van der Waals surface area contributed by atoms with Crippen molar-refractivity contribution in [2.75, 3.05) is 14.2 Å². The number of carbonyl (C=O) groups is 2. The van der Waals surface area contributed by atoms with E-state index in [4.69, 9.17) is 9.47 Å². The Balaban J connectivity index is 2.87. The number of aliphatic hydroxyl groups excluding tert-OH is 1. The third-order valence-electron chi connectivity index (χ3n) is 3.08. The fourth-order valence-corrected chi connectivity index (χ4v) is 2.27. The molecule has 1 N–H and O–H groups in total. The highest BCUT2D eigenvalue weighted by Crippen LogP contribution is 2.30. The Morgan fingerprint density at radius 2 is 2.00 bits per heavy atom. The summed E-state index contributed by atoms with van der Waals surface area (Å²) in [6, 6.07) is 0. The number of ketones is 2. The summed E-state index contributed by atoms with van der Waals surface area (Å²) in [7, 11) is 2.97. The van der Waals surface area contributed by atoms with Crippen molar-refractivity contribution in [2.45, 2.75) is 38.9 Å². The Morgan fingerprint density at radius 1 is 1.39 bits per heavy atom. The van der Waals surface area contributed by atoms with Gasteiger partial charge in [-0.25, -0.2) is 0 Å². The molecule has 0 aromatic heterocycles. The lowest BCUT2D eigenvalue weighted by molar-refractivity contribution is -0.148. The maximum atomic E-state index is 11.9. The van der Waals surface area contributed by atoms with E-state index in [1.165, 1.54) is 14.2 Å². The molecule has 0 amide bonds. The first-order valence-corrected chi connectivity index (χ1v) is 6.09. The standard InChI is InChI=1S/C13H20O5/c1-4-5-9(14)12-10(15)6-8(7-11(12)16)13(17-2)18-3/h8,13,15H,4-7H2,1-3H3. The average molecular weight is 256 g/mol. The fraction of sp³-hybridized carbons (Fsp3) is 0.692. The van der Waals surface area contributed by atoms with Crippen molar-refractivity contribution in [1.29, 1.82) is 0 Å². The van der Waals surface area contributed by atoms with Crippen molar-refractivity contribution >= 4 is 11.6 Å². The van der Waals surface area contributed by atoms with Gasteiger partial charge in [0.05, 0.1) is 5.57 Å². The molecular formula is C13H20O5. The monoisotopic (exact) mass is 256 g/mol. The van der Waals surface area contributed by atoms with E-state index in [1.54, 1.807) is 0 Å². The largest absolute Gasteiger partial charge is 0.511 e. The molecule has 0 heterocycles.